The lowest BCUT2D eigenvalue weighted by Crippen LogP contribution is -2.49. The third kappa shape index (κ3) is 3.85. The molecule has 3 aromatic rings. The van der Waals surface area contributed by atoms with Crippen molar-refractivity contribution in [1.29, 1.82) is 0 Å². The molecule has 0 saturated carbocycles. The lowest BCUT2D eigenvalue weighted by molar-refractivity contribution is 0.0999. The second kappa shape index (κ2) is 8.07. The highest BCUT2D eigenvalue weighted by atomic mass is 32.2. The molecule has 0 bridgehead atoms. The van der Waals surface area contributed by atoms with E-state index in [1.165, 1.54) is 16.4 Å². The quantitative estimate of drug-likeness (QED) is 0.653. The molecule has 0 unspecified atom stereocenters. The van der Waals surface area contributed by atoms with Crippen molar-refractivity contribution >= 4 is 37.5 Å². The van der Waals surface area contributed by atoms with Gasteiger partial charge in [-0.25, -0.2) is 13.4 Å². The summed E-state index contributed by atoms with van der Waals surface area (Å²) in [5.41, 5.74) is 7.27. The van der Waals surface area contributed by atoms with Crippen molar-refractivity contribution in [1.82, 2.24) is 14.2 Å². The minimum absolute atomic E-state index is 0.106. The van der Waals surface area contributed by atoms with Gasteiger partial charge in [0.1, 0.15) is 5.01 Å². The molecule has 1 aliphatic rings. The predicted molar refractivity (Wildman–Crippen MR) is 118 cm³/mol. The molecule has 7 nitrogen and oxygen atoms in total. The van der Waals surface area contributed by atoms with Crippen LogP contribution in [-0.2, 0) is 10.0 Å². The van der Waals surface area contributed by atoms with Crippen LogP contribution in [0.4, 0.5) is 0 Å². The lowest BCUT2D eigenvalue weighted by Gasteiger charge is -2.36. The van der Waals surface area contributed by atoms with E-state index < -0.39 is 15.9 Å². The first-order chi connectivity index (χ1) is 14.3. The molecule has 4 rings (SSSR count). The Morgan fingerprint density at radius 1 is 1.13 bits per heavy atom. The fraction of sp³-hybridized carbons (Fsp3) is 0.333. The monoisotopic (exact) mass is 444 g/mol. The predicted octanol–water partition coefficient (Wildman–Crippen LogP) is 2.77. The lowest BCUT2D eigenvalue weighted by atomic mass is 10.1. The van der Waals surface area contributed by atoms with Gasteiger partial charge in [0.2, 0.25) is 15.9 Å². The molecule has 2 heterocycles. The number of nitrogens with two attached hydrogens (primary N) is 1. The van der Waals surface area contributed by atoms with Crippen LogP contribution in [0.25, 0.3) is 10.2 Å². The Kier molecular flexibility index (Phi) is 5.63. The van der Waals surface area contributed by atoms with Gasteiger partial charge in [-0.05, 0) is 43.7 Å². The molecule has 30 heavy (non-hydrogen) atoms. The highest BCUT2D eigenvalue weighted by molar-refractivity contribution is 7.89. The number of primary amides is 1. The third-order valence-electron chi connectivity index (χ3n) is 5.60. The summed E-state index contributed by atoms with van der Waals surface area (Å²) < 4.78 is 28.8. The van der Waals surface area contributed by atoms with Gasteiger partial charge >= 0.3 is 0 Å². The summed E-state index contributed by atoms with van der Waals surface area (Å²) in [5.74, 6) is -0.626. The van der Waals surface area contributed by atoms with E-state index in [1.54, 1.807) is 24.3 Å². The summed E-state index contributed by atoms with van der Waals surface area (Å²) in [4.78, 5) is 18.7. The Morgan fingerprint density at radius 3 is 2.50 bits per heavy atom. The molecule has 1 atom stereocenters. The van der Waals surface area contributed by atoms with Crippen LogP contribution in [0, 0.1) is 6.92 Å². The van der Waals surface area contributed by atoms with Crippen LogP contribution in [0.1, 0.15) is 33.9 Å². The number of fused-ring (bicyclic) bond motifs is 1. The highest BCUT2D eigenvalue weighted by Gasteiger charge is 2.31. The first kappa shape index (κ1) is 20.9. The standard InChI is InChI=1S/C21H24N4O3S2/c1-14-7-8-16(13-17(14)20(22)26)30(27,28)25-11-9-24(10-12-25)15(2)21-23-18-5-3-4-6-19(18)29-21/h3-8,13,15H,9-12H2,1-2H3,(H2,22,26)/t15-/m0/s1. The van der Waals surface area contributed by atoms with Crippen molar-refractivity contribution < 1.29 is 13.2 Å². The van der Waals surface area contributed by atoms with E-state index in [2.05, 4.69) is 17.9 Å². The van der Waals surface area contributed by atoms with Crippen molar-refractivity contribution in [3.05, 3.63) is 58.6 Å². The van der Waals surface area contributed by atoms with E-state index in [9.17, 15) is 13.2 Å². The summed E-state index contributed by atoms with van der Waals surface area (Å²) in [6.07, 6.45) is 0. The maximum atomic E-state index is 13.1. The SMILES string of the molecule is Cc1ccc(S(=O)(=O)N2CCN([C@@H](C)c3nc4ccccc4s3)CC2)cc1C(N)=O. The molecule has 1 saturated heterocycles. The minimum atomic E-state index is -3.68. The van der Waals surface area contributed by atoms with E-state index >= 15 is 0 Å². The average Bonchev–Trinajstić information content (AvgIpc) is 3.17. The molecule has 2 aromatic carbocycles. The number of benzene rings is 2. The van der Waals surface area contributed by atoms with Gasteiger partial charge in [0, 0.05) is 31.7 Å². The molecule has 0 aliphatic carbocycles. The molecule has 9 heteroatoms. The van der Waals surface area contributed by atoms with Gasteiger partial charge in [0.25, 0.3) is 0 Å². The van der Waals surface area contributed by atoms with E-state index in [0.717, 1.165) is 15.2 Å². The molecule has 1 fully saturated rings. The molecule has 1 aliphatic heterocycles. The van der Waals surface area contributed by atoms with Gasteiger partial charge in [-0.2, -0.15) is 4.31 Å². The zero-order valence-corrected chi connectivity index (χ0v) is 18.5. The number of sulfonamides is 1. The van der Waals surface area contributed by atoms with Gasteiger partial charge in [-0.3, -0.25) is 9.69 Å². The number of rotatable bonds is 5. The number of carbonyl (C=O) groups excluding carboxylic acids is 1. The first-order valence-electron chi connectivity index (χ1n) is 9.77. The Morgan fingerprint density at radius 2 is 1.83 bits per heavy atom. The fourth-order valence-corrected chi connectivity index (χ4v) is 6.23. The number of hydrogen-bond acceptors (Lipinski definition) is 6. The largest absolute Gasteiger partial charge is 0.366 e. The van der Waals surface area contributed by atoms with Crippen LogP contribution < -0.4 is 5.73 Å². The number of hydrogen-bond donors (Lipinski definition) is 1. The summed E-state index contributed by atoms with van der Waals surface area (Å²) in [6.45, 7) is 5.85. The van der Waals surface area contributed by atoms with Crippen LogP contribution >= 0.6 is 11.3 Å². The number of para-hydroxylation sites is 1. The van der Waals surface area contributed by atoms with Crippen molar-refractivity contribution in [3.8, 4) is 0 Å². The van der Waals surface area contributed by atoms with Crippen molar-refractivity contribution in [2.75, 3.05) is 26.2 Å². The summed E-state index contributed by atoms with van der Waals surface area (Å²) >= 11 is 1.68. The van der Waals surface area contributed by atoms with Crippen molar-refractivity contribution in [3.63, 3.8) is 0 Å². The smallest absolute Gasteiger partial charge is 0.249 e. The molecule has 1 aromatic heterocycles. The van der Waals surface area contributed by atoms with Crippen LogP contribution in [0.2, 0.25) is 0 Å². The Hall–Kier alpha value is -2.33. The topological polar surface area (TPSA) is 96.6 Å². The number of piperazine rings is 1. The Labute approximate surface area is 180 Å². The average molecular weight is 445 g/mol. The molecular weight excluding hydrogens is 420 g/mol. The number of aromatic nitrogens is 1. The van der Waals surface area contributed by atoms with Crippen molar-refractivity contribution in [2.24, 2.45) is 5.73 Å². The van der Waals surface area contributed by atoms with Crippen molar-refractivity contribution in [2.45, 2.75) is 24.8 Å². The zero-order chi connectivity index (χ0) is 21.5. The Bertz CT molecular complexity index is 1160. The van der Waals surface area contributed by atoms with Gasteiger partial charge in [-0.1, -0.05) is 18.2 Å². The third-order valence-corrected chi connectivity index (χ3v) is 8.70. The fourth-order valence-electron chi connectivity index (χ4n) is 3.73. The molecule has 0 spiro atoms. The summed E-state index contributed by atoms with van der Waals surface area (Å²) in [6, 6.07) is 12.7. The van der Waals surface area contributed by atoms with Gasteiger partial charge in [0.15, 0.2) is 0 Å². The normalized spacial score (nSPS) is 17.3. The Balaban J connectivity index is 1.48. The number of nitrogens with zero attached hydrogens (tertiary/aromatic N) is 3. The van der Waals surface area contributed by atoms with Gasteiger partial charge < -0.3 is 5.73 Å². The molecule has 2 N–H and O–H groups in total. The van der Waals surface area contributed by atoms with Crippen LogP contribution in [-0.4, -0.2) is 54.7 Å². The highest BCUT2D eigenvalue weighted by Crippen LogP contribution is 2.30. The molecular formula is C21H24N4O3S2. The zero-order valence-electron chi connectivity index (χ0n) is 16.9. The molecule has 158 valence electrons. The van der Waals surface area contributed by atoms with E-state index in [1.807, 2.05) is 18.2 Å². The van der Waals surface area contributed by atoms with Gasteiger partial charge in [0.05, 0.1) is 21.2 Å². The van der Waals surface area contributed by atoms with E-state index in [0.29, 0.717) is 31.7 Å². The first-order valence-corrected chi connectivity index (χ1v) is 12.0. The number of aryl methyl sites for hydroxylation is 1. The number of thiazole rings is 1. The second-order valence-corrected chi connectivity index (χ2v) is 10.5. The molecule has 0 radical (unpaired) electrons. The second-order valence-electron chi connectivity index (χ2n) is 7.48. The molecule has 1 amide bonds. The summed E-state index contributed by atoms with van der Waals surface area (Å²) in [7, 11) is -3.68. The van der Waals surface area contributed by atoms with Crippen LogP contribution in [0.3, 0.4) is 0 Å². The maximum absolute atomic E-state index is 13.1. The van der Waals surface area contributed by atoms with E-state index in [-0.39, 0.29) is 16.5 Å². The summed E-state index contributed by atoms with van der Waals surface area (Å²) in [5, 5.41) is 1.04. The minimum Gasteiger partial charge on any atom is -0.366 e. The number of carbonyl (C=O) groups is 1. The van der Waals surface area contributed by atoms with Crippen LogP contribution in [0.5, 0.6) is 0 Å². The van der Waals surface area contributed by atoms with E-state index in [4.69, 9.17) is 10.7 Å². The van der Waals surface area contributed by atoms with Crippen LogP contribution in [0.15, 0.2) is 47.4 Å². The number of amides is 1. The maximum Gasteiger partial charge on any atom is 0.249 e. The van der Waals surface area contributed by atoms with Gasteiger partial charge in [-0.15, -0.1) is 11.3 Å².